The van der Waals surface area contributed by atoms with Crippen LogP contribution in [0.4, 0.5) is 0 Å². The molecule has 0 radical (unpaired) electrons. The van der Waals surface area contributed by atoms with Crippen LogP contribution >= 0.6 is 0 Å². The molecule has 0 N–H and O–H groups in total. The topological polar surface area (TPSA) is 0 Å². The maximum absolute atomic E-state index is 2.29. The van der Waals surface area contributed by atoms with Crippen LogP contribution in [0.25, 0.3) is 10.8 Å². The van der Waals surface area contributed by atoms with Crippen LogP contribution in [-0.2, 0) is 0 Å². The fourth-order valence-electron chi connectivity index (χ4n) is 1.69. The van der Waals surface area contributed by atoms with Gasteiger partial charge in [-0.1, -0.05) is 47.1 Å². The van der Waals surface area contributed by atoms with E-state index in [1.807, 2.05) is 0 Å². The summed E-state index contributed by atoms with van der Waals surface area (Å²) in [5, 5.41) is 4.31. The molecule has 0 bridgehead atoms. The predicted octanol–water partition coefficient (Wildman–Crippen LogP) is 1.14. The first-order valence-corrected chi connectivity index (χ1v) is 5.23. The summed E-state index contributed by atoms with van der Waals surface area (Å²) in [6.07, 6.45) is 0. The second-order valence-electron chi connectivity index (χ2n) is 3.30. The van der Waals surface area contributed by atoms with Gasteiger partial charge in [0.1, 0.15) is 0 Å². The number of aryl methyl sites for hydroxylation is 1. The van der Waals surface area contributed by atoms with Gasteiger partial charge in [0.05, 0.1) is 0 Å². The van der Waals surface area contributed by atoms with Gasteiger partial charge in [0.2, 0.25) is 0 Å². The molecule has 0 saturated carbocycles. The SMILES string of the molecule is Cc1cc([SiH3])c2ccccc2c1. The van der Waals surface area contributed by atoms with Gasteiger partial charge in [0.25, 0.3) is 0 Å². The summed E-state index contributed by atoms with van der Waals surface area (Å²) in [6.45, 7) is 2.16. The van der Waals surface area contributed by atoms with Gasteiger partial charge in [-0.05, 0) is 17.7 Å². The Kier molecular flexibility index (Phi) is 1.74. The van der Waals surface area contributed by atoms with E-state index in [0.29, 0.717) is 0 Å². The van der Waals surface area contributed by atoms with Gasteiger partial charge in [0.15, 0.2) is 0 Å². The van der Waals surface area contributed by atoms with Crippen molar-refractivity contribution >= 4 is 26.2 Å². The van der Waals surface area contributed by atoms with Crippen LogP contribution in [0.2, 0.25) is 0 Å². The first-order valence-electron chi connectivity index (χ1n) is 4.23. The first-order chi connectivity index (χ1) is 5.77. The van der Waals surface area contributed by atoms with Gasteiger partial charge < -0.3 is 0 Å². The molecule has 2 rings (SSSR count). The van der Waals surface area contributed by atoms with Gasteiger partial charge in [-0.15, -0.1) is 0 Å². The summed E-state index contributed by atoms with van der Waals surface area (Å²) in [5.41, 5.74) is 1.37. The van der Waals surface area contributed by atoms with Crippen molar-refractivity contribution in [3.8, 4) is 0 Å². The highest BCUT2D eigenvalue weighted by molar-refractivity contribution is 6.38. The Bertz CT molecular complexity index is 418. The van der Waals surface area contributed by atoms with Crippen LogP contribution in [0.5, 0.6) is 0 Å². The van der Waals surface area contributed by atoms with E-state index in [0.717, 1.165) is 10.2 Å². The van der Waals surface area contributed by atoms with Gasteiger partial charge in [-0.2, -0.15) is 0 Å². The van der Waals surface area contributed by atoms with Gasteiger partial charge >= 0.3 is 0 Å². The second-order valence-corrected chi connectivity index (χ2v) is 4.38. The monoisotopic (exact) mass is 172 g/mol. The van der Waals surface area contributed by atoms with Crippen molar-refractivity contribution in [1.29, 1.82) is 0 Å². The van der Waals surface area contributed by atoms with Crippen molar-refractivity contribution in [2.75, 3.05) is 0 Å². The number of benzene rings is 2. The molecule has 2 aromatic carbocycles. The highest BCUT2D eigenvalue weighted by Crippen LogP contribution is 2.12. The molecule has 0 aromatic heterocycles. The molecule has 0 heterocycles. The normalized spacial score (nSPS) is 10.8. The lowest BCUT2D eigenvalue weighted by Crippen LogP contribution is -2.03. The fraction of sp³-hybridized carbons (Fsp3) is 0.0909. The maximum Gasteiger partial charge on any atom is 0.0393 e. The molecular weight excluding hydrogens is 160 g/mol. The smallest absolute Gasteiger partial charge is 0.0393 e. The molecule has 0 saturated heterocycles. The molecule has 0 atom stereocenters. The van der Waals surface area contributed by atoms with E-state index in [1.54, 1.807) is 0 Å². The van der Waals surface area contributed by atoms with Gasteiger partial charge in [-0.3, -0.25) is 0 Å². The second kappa shape index (κ2) is 2.76. The Morgan fingerprint density at radius 2 is 1.83 bits per heavy atom. The van der Waals surface area contributed by atoms with Gasteiger partial charge in [-0.25, -0.2) is 0 Å². The highest BCUT2D eigenvalue weighted by atomic mass is 28.1. The predicted molar refractivity (Wildman–Crippen MR) is 58.3 cm³/mol. The minimum Gasteiger partial charge on any atom is -0.0628 e. The van der Waals surface area contributed by atoms with Crippen LogP contribution in [-0.4, -0.2) is 10.2 Å². The molecule has 1 heteroatoms. The maximum atomic E-state index is 2.29. The molecule has 2 aromatic rings. The lowest BCUT2D eigenvalue weighted by Gasteiger charge is -2.02. The molecule has 0 aliphatic rings. The molecule has 0 spiro atoms. The third-order valence-electron chi connectivity index (χ3n) is 2.21. The van der Waals surface area contributed by atoms with E-state index in [-0.39, 0.29) is 0 Å². The molecule has 0 amide bonds. The summed E-state index contributed by atoms with van der Waals surface area (Å²) in [7, 11) is 1.14. The van der Waals surface area contributed by atoms with Crippen molar-refractivity contribution in [1.82, 2.24) is 0 Å². The molecule has 0 aliphatic carbocycles. The fourth-order valence-corrected chi connectivity index (χ4v) is 2.60. The zero-order valence-electron chi connectivity index (χ0n) is 7.46. The van der Waals surface area contributed by atoms with Crippen molar-refractivity contribution in [2.24, 2.45) is 0 Å². The van der Waals surface area contributed by atoms with E-state index in [4.69, 9.17) is 0 Å². The third-order valence-corrected chi connectivity index (χ3v) is 3.04. The van der Waals surface area contributed by atoms with Crippen LogP contribution in [0.3, 0.4) is 0 Å². The van der Waals surface area contributed by atoms with Crippen molar-refractivity contribution in [3.05, 3.63) is 42.0 Å². The minimum absolute atomic E-state index is 1.14. The minimum atomic E-state index is 1.14. The average Bonchev–Trinajstić information content (AvgIpc) is 2.04. The number of hydrogen-bond donors (Lipinski definition) is 0. The first kappa shape index (κ1) is 7.56. The molecule has 12 heavy (non-hydrogen) atoms. The largest absolute Gasteiger partial charge is 0.0628 e. The summed E-state index contributed by atoms with van der Waals surface area (Å²) >= 11 is 0. The molecular formula is C11H12Si. The van der Waals surface area contributed by atoms with Crippen molar-refractivity contribution in [3.63, 3.8) is 0 Å². The number of fused-ring (bicyclic) bond motifs is 1. The Morgan fingerprint density at radius 1 is 1.08 bits per heavy atom. The van der Waals surface area contributed by atoms with Crippen LogP contribution < -0.4 is 5.19 Å². The van der Waals surface area contributed by atoms with E-state index in [1.165, 1.54) is 21.5 Å². The standard InChI is InChI=1S/C11H12Si/c1-8-6-9-4-2-3-5-10(9)11(12)7-8/h2-7H,1,12H3. The number of rotatable bonds is 0. The Labute approximate surface area is 75.6 Å². The Hall–Kier alpha value is -1.08. The molecule has 0 nitrogen and oxygen atoms in total. The average molecular weight is 172 g/mol. The lowest BCUT2D eigenvalue weighted by molar-refractivity contribution is 1.52. The van der Waals surface area contributed by atoms with Crippen molar-refractivity contribution < 1.29 is 0 Å². The molecule has 0 aliphatic heterocycles. The zero-order valence-corrected chi connectivity index (χ0v) is 9.46. The van der Waals surface area contributed by atoms with E-state index in [9.17, 15) is 0 Å². The van der Waals surface area contributed by atoms with Crippen LogP contribution in [0.1, 0.15) is 5.56 Å². The summed E-state index contributed by atoms with van der Waals surface area (Å²) in [4.78, 5) is 0. The van der Waals surface area contributed by atoms with Crippen molar-refractivity contribution in [2.45, 2.75) is 6.92 Å². The molecule has 0 fully saturated rings. The van der Waals surface area contributed by atoms with Gasteiger partial charge in [0, 0.05) is 10.2 Å². The zero-order chi connectivity index (χ0) is 8.55. The van der Waals surface area contributed by atoms with E-state index in [2.05, 4.69) is 43.3 Å². The summed E-state index contributed by atoms with van der Waals surface area (Å²) < 4.78 is 0. The molecule has 60 valence electrons. The molecule has 0 unspecified atom stereocenters. The number of hydrogen-bond acceptors (Lipinski definition) is 0. The van der Waals surface area contributed by atoms with Crippen LogP contribution in [0, 0.1) is 6.92 Å². The van der Waals surface area contributed by atoms with Crippen LogP contribution in [0.15, 0.2) is 36.4 Å². The lowest BCUT2D eigenvalue weighted by atomic mass is 10.1. The Morgan fingerprint density at radius 3 is 2.67 bits per heavy atom. The van der Waals surface area contributed by atoms with E-state index >= 15 is 0 Å². The Balaban J connectivity index is 2.89. The quantitative estimate of drug-likeness (QED) is 0.523. The highest BCUT2D eigenvalue weighted by Gasteiger charge is 1.95. The third kappa shape index (κ3) is 1.16. The summed E-state index contributed by atoms with van der Waals surface area (Å²) in [5.74, 6) is 0. The van der Waals surface area contributed by atoms with E-state index < -0.39 is 0 Å². The summed E-state index contributed by atoms with van der Waals surface area (Å²) in [6, 6.07) is 13.1.